The number of aliphatic hydroxyl groups excluding tert-OH is 1. The molecule has 3 aromatic heterocycles. The lowest BCUT2D eigenvalue weighted by molar-refractivity contribution is -0.117. The van der Waals surface area contributed by atoms with Gasteiger partial charge in [0, 0.05) is 23.7 Å². The van der Waals surface area contributed by atoms with Gasteiger partial charge < -0.3 is 20.1 Å². The van der Waals surface area contributed by atoms with Gasteiger partial charge in [-0.05, 0) is 6.42 Å². The van der Waals surface area contributed by atoms with E-state index in [-0.39, 0.29) is 36.1 Å². The Balaban J connectivity index is 1.55. The summed E-state index contributed by atoms with van der Waals surface area (Å²) in [4.78, 5) is 20.5. The Hall–Kier alpha value is -3.31. The summed E-state index contributed by atoms with van der Waals surface area (Å²) in [6.45, 7) is -0.0443. The predicted molar refractivity (Wildman–Crippen MR) is 110 cm³/mol. The number of rotatable bonds is 6. The van der Waals surface area contributed by atoms with E-state index in [0.717, 1.165) is 0 Å². The molecule has 1 aliphatic rings. The largest absolute Gasteiger partial charge is 0.395 e. The molecule has 1 aromatic carbocycles. The van der Waals surface area contributed by atoms with Crippen LogP contribution in [0.5, 0.6) is 0 Å². The highest BCUT2D eigenvalue weighted by Crippen LogP contribution is 2.40. The fourth-order valence-electron chi connectivity index (χ4n) is 3.45. The van der Waals surface area contributed by atoms with E-state index >= 15 is 4.39 Å². The van der Waals surface area contributed by atoms with Gasteiger partial charge in [-0.15, -0.1) is 0 Å². The molecule has 31 heavy (non-hydrogen) atoms. The molecule has 0 spiro atoms. The van der Waals surface area contributed by atoms with Crippen LogP contribution in [0, 0.1) is 11.7 Å². The Morgan fingerprint density at radius 1 is 1.39 bits per heavy atom. The number of hydrogen-bond acceptors (Lipinski definition) is 6. The molecule has 3 heterocycles. The predicted octanol–water partition coefficient (Wildman–Crippen LogP) is 2.77. The number of hydrogen-bond donors (Lipinski definition) is 4. The molecule has 4 aromatic rings. The number of carbonyl (C=O) groups excluding carboxylic acids is 1. The van der Waals surface area contributed by atoms with Gasteiger partial charge in [-0.2, -0.15) is 5.10 Å². The fraction of sp³-hybridized carbons (Fsp3) is 0.263. The molecule has 0 radical (unpaired) electrons. The molecule has 0 unspecified atom stereocenters. The molecular formula is C19H16ClF2N7O2. The second-order valence-electron chi connectivity index (χ2n) is 7.20. The highest BCUT2D eigenvalue weighted by molar-refractivity contribution is 6.35. The number of H-pyrrole nitrogens is 1. The summed E-state index contributed by atoms with van der Waals surface area (Å²) in [6, 6.07) is 0. The monoisotopic (exact) mass is 447 g/mol. The number of amides is 1. The van der Waals surface area contributed by atoms with Crippen molar-refractivity contribution in [2.24, 2.45) is 5.92 Å². The molecule has 160 valence electrons. The third-order valence-corrected chi connectivity index (χ3v) is 5.46. The lowest BCUT2D eigenvalue weighted by Gasteiger charge is -2.13. The molecule has 1 fully saturated rings. The number of aromatic amines is 1. The number of anilines is 2. The van der Waals surface area contributed by atoms with Crippen LogP contribution < -0.4 is 10.6 Å². The average molecular weight is 448 g/mol. The van der Waals surface area contributed by atoms with Gasteiger partial charge in [0.05, 0.1) is 53.0 Å². The highest BCUT2D eigenvalue weighted by atomic mass is 35.5. The first kappa shape index (κ1) is 19.6. The molecule has 1 amide bonds. The number of benzene rings is 1. The maximum atomic E-state index is 15.0. The van der Waals surface area contributed by atoms with Gasteiger partial charge in [0.25, 0.3) is 0 Å². The Morgan fingerprint density at radius 3 is 2.94 bits per heavy atom. The van der Waals surface area contributed by atoms with E-state index in [4.69, 9.17) is 16.7 Å². The summed E-state index contributed by atoms with van der Waals surface area (Å²) >= 11 is 6.35. The van der Waals surface area contributed by atoms with Crippen molar-refractivity contribution in [1.29, 1.82) is 0 Å². The third kappa shape index (κ3) is 3.35. The average Bonchev–Trinajstić information content (AvgIpc) is 3.12. The topological polar surface area (TPSA) is 120 Å². The minimum atomic E-state index is -1.10. The van der Waals surface area contributed by atoms with Crippen LogP contribution in [-0.4, -0.2) is 54.9 Å². The number of imidazole rings is 1. The van der Waals surface area contributed by atoms with E-state index < -0.39 is 23.8 Å². The third-order valence-electron chi connectivity index (χ3n) is 5.10. The van der Waals surface area contributed by atoms with Crippen LogP contribution in [0.15, 0.2) is 24.8 Å². The van der Waals surface area contributed by atoms with Crippen molar-refractivity contribution in [2.45, 2.75) is 12.6 Å². The van der Waals surface area contributed by atoms with Crippen LogP contribution in [0.1, 0.15) is 6.42 Å². The second kappa shape index (κ2) is 7.43. The summed E-state index contributed by atoms with van der Waals surface area (Å²) in [6.07, 6.45) is 5.24. The maximum absolute atomic E-state index is 15.0. The minimum Gasteiger partial charge on any atom is -0.395 e. The van der Waals surface area contributed by atoms with Crippen molar-refractivity contribution in [3.05, 3.63) is 35.6 Å². The quantitative estimate of drug-likeness (QED) is 0.361. The van der Waals surface area contributed by atoms with E-state index in [1.165, 1.54) is 12.4 Å². The second-order valence-corrected chi connectivity index (χ2v) is 7.58. The number of nitrogens with zero attached hydrogens (tertiary/aromatic N) is 4. The van der Waals surface area contributed by atoms with Crippen LogP contribution in [-0.2, 0) is 4.79 Å². The molecule has 1 aliphatic carbocycles. The SMILES string of the molecule is O=C(Nc1cn2cc(-c3c(Cl)c(F)c(NCCO)c4[nH]ncc34)ncc2n1)[C@@H]1C[C@@H]1F. The van der Waals surface area contributed by atoms with Crippen LogP contribution in [0.4, 0.5) is 20.3 Å². The van der Waals surface area contributed by atoms with E-state index in [9.17, 15) is 9.18 Å². The van der Waals surface area contributed by atoms with Crippen molar-refractivity contribution < 1.29 is 18.7 Å². The van der Waals surface area contributed by atoms with E-state index in [1.54, 1.807) is 16.8 Å². The summed E-state index contributed by atoms with van der Waals surface area (Å²) in [5.74, 6) is -1.49. The first-order chi connectivity index (χ1) is 15.0. The van der Waals surface area contributed by atoms with Crippen LogP contribution in [0.25, 0.3) is 27.8 Å². The normalized spacial score (nSPS) is 17.9. The molecule has 5 rings (SSSR count). The van der Waals surface area contributed by atoms with E-state index in [2.05, 4.69) is 30.8 Å². The number of fused-ring (bicyclic) bond motifs is 2. The fourth-order valence-corrected chi connectivity index (χ4v) is 3.75. The van der Waals surface area contributed by atoms with Gasteiger partial charge in [0.15, 0.2) is 17.3 Å². The molecule has 0 aliphatic heterocycles. The van der Waals surface area contributed by atoms with Gasteiger partial charge in [0.1, 0.15) is 6.17 Å². The molecule has 9 nitrogen and oxygen atoms in total. The molecule has 4 N–H and O–H groups in total. The van der Waals surface area contributed by atoms with Crippen molar-refractivity contribution in [3.63, 3.8) is 0 Å². The number of halogens is 3. The van der Waals surface area contributed by atoms with Gasteiger partial charge in [-0.3, -0.25) is 14.9 Å². The Morgan fingerprint density at radius 2 is 2.19 bits per heavy atom. The zero-order chi connectivity index (χ0) is 21.7. The van der Waals surface area contributed by atoms with Gasteiger partial charge in [-0.1, -0.05) is 11.6 Å². The van der Waals surface area contributed by atoms with Crippen molar-refractivity contribution >= 4 is 45.6 Å². The standard InChI is InChI=1S/C19H16ClF2N7O2/c20-15-14(9-4-25-28-17(9)18(16(15)22)23-1-2-30)11-6-29-7-12(26-13(29)5-24-11)27-19(31)8-3-10(8)21/h4-8,10,23,30H,1-3H2,(H,25,28)(H,27,31)/t8-,10+/m1/s1. The molecule has 0 saturated heterocycles. The summed E-state index contributed by atoms with van der Waals surface area (Å²) in [5, 5.41) is 21.5. The Kier molecular flexibility index (Phi) is 4.71. The van der Waals surface area contributed by atoms with Crippen LogP contribution in [0.2, 0.25) is 5.02 Å². The van der Waals surface area contributed by atoms with Crippen molar-refractivity contribution in [1.82, 2.24) is 24.6 Å². The highest BCUT2D eigenvalue weighted by Gasteiger charge is 2.43. The Labute approximate surface area is 178 Å². The van der Waals surface area contributed by atoms with Crippen molar-refractivity contribution in [3.8, 4) is 11.3 Å². The lowest BCUT2D eigenvalue weighted by atomic mass is 10.1. The number of aliphatic hydroxyl groups is 1. The summed E-state index contributed by atoms with van der Waals surface area (Å²) in [5.41, 5.74) is 1.62. The number of nitrogens with one attached hydrogen (secondary N) is 3. The smallest absolute Gasteiger partial charge is 0.231 e. The number of aromatic nitrogens is 5. The molecule has 12 heteroatoms. The number of carbonyl (C=O) groups is 1. The van der Waals surface area contributed by atoms with E-state index in [1.807, 2.05) is 0 Å². The first-order valence-corrected chi connectivity index (χ1v) is 9.84. The van der Waals surface area contributed by atoms with Crippen LogP contribution in [0.3, 0.4) is 0 Å². The van der Waals surface area contributed by atoms with Gasteiger partial charge in [-0.25, -0.2) is 13.8 Å². The minimum absolute atomic E-state index is 0.107. The zero-order valence-corrected chi connectivity index (χ0v) is 16.6. The Bertz CT molecular complexity index is 1320. The molecule has 0 bridgehead atoms. The van der Waals surface area contributed by atoms with Crippen molar-refractivity contribution in [2.75, 3.05) is 23.8 Å². The zero-order valence-electron chi connectivity index (χ0n) is 15.9. The lowest BCUT2D eigenvalue weighted by Crippen LogP contribution is -2.15. The van der Waals surface area contributed by atoms with Gasteiger partial charge in [0.2, 0.25) is 5.91 Å². The molecular weight excluding hydrogens is 432 g/mol. The molecule has 1 saturated carbocycles. The number of alkyl halides is 1. The molecule has 2 atom stereocenters. The summed E-state index contributed by atoms with van der Waals surface area (Å²) in [7, 11) is 0. The summed E-state index contributed by atoms with van der Waals surface area (Å²) < 4.78 is 29.7. The first-order valence-electron chi connectivity index (χ1n) is 9.46. The van der Waals surface area contributed by atoms with E-state index in [0.29, 0.717) is 27.8 Å². The van der Waals surface area contributed by atoms with Gasteiger partial charge >= 0.3 is 0 Å². The van der Waals surface area contributed by atoms with Crippen LogP contribution >= 0.6 is 11.6 Å². The maximum Gasteiger partial charge on any atom is 0.231 e.